The standard InChI is InChI=1S/C32H40N4/c1-31(2,3)24-15-19-26(20-16-24)34(7)29-30(36(9)28(33-29)23-13-11-10-12-14-23)35(8)27-21-17-25(18-22-27)32(4,5)6/h10-22H,1-9H3. The van der Waals surface area contributed by atoms with Gasteiger partial charge in [-0.2, -0.15) is 0 Å². The number of anilines is 4. The second-order valence-electron chi connectivity index (χ2n) is 11.7. The Bertz CT molecular complexity index is 1300. The quantitative estimate of drug-likeness (QED) is 0.288. The zero-order valence-corrected chi connectivity index (χ0v) is 23.3. The van der Waals surface area contributed by atoms with E-state index in [0.717, 1.165) is 34.4 Å². The largest absolute Gasteiger partial charge is 0.328 e. The molecule has 0 fully saturated rings. The highest BCUT2D eigenvalue weighted by molar-refractivity contribution is 5.80. The van der Waals surface area contributed by atoms with E-state index in [4.69, 9.17) is 4.98 Å². The van der Waals surface area contributed by atoms with E-state index < -0.39 is 0 Å². The highest BCUT2D eigenvalue weighted by atomic mass is 15.3. The van der Waals surface area contributed by atoms with Crippen molar-refractivity contribution in [3.8, 4) is 11.4 Å². The van der Waals surface area contributed by atoms with Crippen molar-refractivity contribution in [3.63, 3.8) is 0 Å². The van der Waals surface area contributed by atoms with Gasteiger partial charge in [0.1, 0.15) is 5.82 Å². The summed E-state index contributed by atoms with van der Waals surface area (Å²) in [6, 6.07) is 28.1. The zero-order chi connectivity index (χ0) is 26.3. The zero-order valence-electron chi connectivity index (χ0n) is 23.3. The molecular formula is C32H40N4. The molecule has 0 aliphatic heterocycles. The third kappa shape index (κ3) is 5.04. The smallest absolute Gasteiger partial charge is 0.176 e. The molecule has 4 aromatic rings. The van der Waals surface area contributed by atoms with Gasteiger partial charge < -0.3 is 14.4 Å². The van der Waals surface area contributed by atoms with E-state index in [9.17, 15) is 0 Å². The van der Waals surface area contributed by atoms with Gasteiger partial charge in [-0.1, -0.05) is 96.1 Å². The first-order valence-corrected chi connectivity index (χ1v) is 12.7. The Morgan fingerprint density at radius 2 is 1.06 bits per heavy atom. The van der Waals surface area contributed by atoms with Crippen molar-refractivity contribution in [3.05, 3.63) is 90.0 Å². The minimum Gasteiger partial charge on any atom is -0.328 e. The van der Waals surface area contributed by atoms with Crippen LogP contribution in [0.25, 0.3) is 11.4 Å². The molecule has 0 spiro atoms. The first-order chi connectivity index (χ1) is 16.9. The van der Waals surface area contributed by atoms with Crippen molar-refractivity contribution < 1.29 is 0 Å². The summed E-state index contributed by atoms with van der Waals surface area (Å²) < 4.78 is 2.20. The SMILES string of the molecule is CN(c1ccc(C(C)(C)C)cc1)c1nc(-c2ccccc2)n(C)c1N(C)c1ccc(C(C)(C)C)cc1. The summed E-state index contributed by atoms with van der Waals surface area (Å²) in [5, 5.41) is 0. The summed E-state index contributed by atoms with van der Waals surface area (Å²) in [5.41, 5.74) is 6.22. The number of imidazole rings is 1. The summed E-state index contributed by atoms with van der Waals surface area (Å²) in [6.07, 6.45) is 0. The van der Waals surface area contributed by atoms with Crippen LogP contribution in [0.1, 0.15) is 52.7 Å². The molecule has 4 nitrogen and oxygen atoms in total. The van der Waals surface area contributed by atoms with Crippen LogP contribution in [-0.4, -0.2) is 23.6 Å². The van der Waals surface area contributed by atoms with Gasteiger partial charge in [-0.05, 0) is 46.2 Å². The fourth-order valence-electron chi connectivity index (χ4n) is 4.54. The summed E-state index contributed by atoms with van der Waals surface area (Å²) in [7, 11) is 6.33. The van der Waals surface area contributed by atoms with Crippen molar-refractivity contribution in [2.75, 3.05) is 23.9 Å². The van der Waals surface area contributed by atoms with Gasteiger partial charge in [0.15, 0.2) is 11.6 Å². The van der Waals surface area contributed by atoms with E-state index >= 15 is 0 Å². The predicted octanol–water partition coefficient (Wildman–Crippen LogP) is 8.22. The van der Waals surface area contributed by atoms with Crippen LogP contribution >= 0.6 is 0 Å². The average Bonchev–Trinajstić information content (AvgIpc) is 3.19. The molecule has 4 heteroatoms. The molecule has 0 saturated carbocycles. The Morgan fingerprint density at radius 1 is 0.611 bits per heavy atom. The monoisotopic (exact) mass is 480 g/mol. The van der Waals surface area contributed by atoms with Gasteiger partial charge in [0.25, 0.3) is 0 Å². The number of hydrogen-bond acceptors (Lipinski definition) is 3. The number of nitrogens with zero attached hydrogens (tertiary/aromatic N) is 4. The van der Waals surface area contributed by atoms with Gasteiger partial charge in [-0.15, -0.1) is 0 Å². The Balaban J connectivity index is 1.81. The summed E-state index contributed by atoms with van der Waals surface area (Å²) in [5.74, 6) is 2.90. The van der Waals surface area contributed by atoms with Crippen LogP contribution in [0.3, 0.4) is 0 Å². The molecule has 0 unspecified atom stereocenters. The molecule has 1 aromatic heterocycles. The molecule has 188 valence electrons. The van der Waals surface area contributed by atoms with Gasteiger partial charge in [-0.25, -0.2) is 4.98 Å². The second-order valence-corrected chi connectivity index (χ2v) is 11.7. The maximum atomic E-state index is 5.18. The van der Waals surface area contributed by atoms with E-state index in [1.165, 1.54) is 11.1 Å². The first kappa shape index (κ1) is 25.6. The van der Waals surface area contributed by atoms with Crippen molar-refractivity contribution >= 4 is 23.0 Å². The molecule has 0 aliphatic rings. The van der Waals surface area contributed by atoms with E-state index in [0.29, 0.717) is 0 Å². The third-order valence-electron chi connectivity index (χ3n) is 6.96. The van der Waals surface area contributed by atoms with Crippen molar-refractivity contribution in [1.29, 1.82) is 0 Å². The number of benzene rings is 3. The molecule has 0 bridgehead atoms. The Labute approximate surface area is 217 Å². The van der Waals surface area contributed by atoms with Crippen LogP contribution in [-0.2, 0) is 17.9 Å². The Morgan fingerprint density at radius 3 is 1.50 bits per heavy atom. The summed E-state index contributed by atoms with van der Waals surface area (Å²) in [4.78, 5) is 9.60. The van der Waals surface area contributed by atoms with Gasteiger partial charge in [0.2, 0.25) is 0 Å². The lowest BCUT2D eigenvalue weighted by molar-refractivity contribution is 0.590. The van der Waals surface area contributed by atoms with Gasteiger partial charge in [0, 0.05) is 38.1 Å². The number of hydrogen-bond donors (Lipinski definition) is 0. The second kappa shape index (κ2) is 9.50. The van der Waals surface area contributed by atoms with E-state index in [1.807, 2.05) is 6.07 Å². The average molecular weight is 481 g/mol. The molecule has 1 heterocycles. The molecule has 0 atom stereocenters. The van der Waals surface area contributed by atoms with Crippen LogP contribution in [0.4, 0.5) is 23.0 Å². The minimum absolute atomic E-state index is 0.118. The van der Waals surface area contributed by atoms with Crippen LogP contribution in [0.2, 0.25) is 0 Å². The lowest BCUT2D eigenvalue weighted by atomic mass is 9.87. The molecular weight excluding hydrogens is 440 g/mol. The normalized spacial score (nSPS) is 12.0. The lowest BCUT2D eigenvalue weighted by Gasteiger charge is -2.27. The fourth-order valence-corrected chi connectivity index (χ4v) is 4.54. The van der Waals surface area contributed by atoms with Crippen LogP contribution < -0.4 is 9.80 Å². The maximum Gasteiger partial charge on any atom is 0.176 e. The first-order valence-electron chi connectivity index (χ1n) is 12.7. The van der Waals surface area contributed by atoms with Crippen LogP contribution in [0.15, 0.2) is 78.9 Å². The molecule has 0 N–H and O–H groups in total. The highest BCUT2D eigenvalue weighted by Crippen LogP contribution is 2.39. The van der Waals surface area contributed by atoms with Gasteiger partial charge >= 0.3 is 0 Å². The molecule has 0 aliphatic carbocycles. The summed E-state index contributed by atoms with van der Waals surface area (Å²) >= 11 is 0. The lowest BCUT2D eigenvalue weighted by Crippen LogP contribution is -2.19. The van der Waals surface area contributed by atoms with Gasteiger partial charge in [-0.3, -0.25) is 0 Å². The number of aromatic nitrogens is 2. The van der Waals surface area contributed by atoms with E-state index in [1.54, 1.807) is 0 Å². The topological polar surface area (TPSA) is 24.3 Å². The van der Waals surface area contributed by atoms with Crippen molar-refractivity contribution in [2.45, 2.75) is 52.4 Å². The molecule has 0 amide bonds. The fraction of sp³-hybridized carbons (Fsp3) is 0.344. The molecule has 3 aromatic carbocycles. The van der Waals surface area contributed by atoms with E-state index in [2.05, 4.69) is 150 Å². The van der Waals surface area contributed by atoms with E-state index in [-0.39, 0.29) is 10.8 Å². The van der Waals surface area contributed by atoms with Crippen molar-refractivity contribution in [1.82, 2.24) is 9.55 Å². The highest BCUT2D eigenvalue weighted by Gasteiger charge is 2.24. The number of rotatable bonds is 5. The molecule has 4 rings (SSSR count). The third-order valence-corrected chi connectivity index (χ3v) is 6.96. The van der Waals surface area contributed by atoms with Crippen LogP contribution in [0.5, 0.6) is 0 Å². The molecule has 0 radical (unpaired) electrons. The Kier molecular flexibility index (Phi) is 6.74. The predicted molar refractivity (Wildman–Crippen MR) is 155 cm³/mol. The summed E-state index contributed by atoms with van der Waals surface area (Å²) in [6.45, 7) is 13.5. The maximum absolute atomic E-state index is 5.18. The minimum atomic E-state index is 0.118. The van der Waals surface area contributed by atoms with Crippen LogP contribution in [0, 0.1) is 0 Å². The Hall–Kier alpha value is -3.53. The van der Waals surface area contributed by atoms with Gasteiger partial charge in [0.05, 0.1) is 0 Å². The molecule has 36 heavy (non-hydrogen) atoms. The molecule has 0 saturated heterocycles. The van der Waals surface area contributed by atoms with Crippen molar-refractivity contribution in [2.24, 2.45) is 7.05 Å².